The molecular formula is C22H41O. The zero-order valence-corrected chi connectivity index (χ0v) is 15.8. The smallest absolute Gasteiger partial charge is 0.198 e. The molecule has 0 N–H and O–H groups in total. The maximum atomic E-state index is 10.1. The summed E-state index contributed by atoms with van der Waals surface area (Å²) in [5.74, 6) is 0. The van der Waals surface area contributed by atoms with Gasteiger partial charge >= 0.3 is 0 Å². The summed E-state index contributed by atoms with van der Waals surface area (Å²) in [6.45, 7) is 2.28. The number of hydrogen-bond donors (Lipinski definition) is 0. The third kappa shape index (κ3) is 21.4. The topological polar surface area (TPSA) is 17.1 Å². The van der Waals surface area contributed by atoms with Gasteiger partial charge in [0.15, 0.2) is 6.29 Å². The molecule has 0 amide bonds. The van der Waals surface area contributed by atoms with Crippen LogP contribution in [-0.4, -0.2) is 6.29 Å². The zero-order chi connectivity index (χ0) is 16.8. The third-order valence-electron chi connectivity index (χ3n) is 4.54. The average Bonchev–Trinajstić information content (AvgIpc) is 2.57. The van der Waals surface area contributed by atoms with E-state index in [1.807, 2.05) is 6.29 Å². The maximum Gasteiger partial charge on any atom is 0.198 e. The van der Waals surface area contributed by atoms with Crippen molar-refractivity contribution in [3.63, 3.8) is 0 Å². The highest BCUT2D eigenvalue weighted by molar-refractivity contribution is 5.50. The van der Waals surface area contributed by atoms with Crippen LogP contribution in [0.1, 0.15) is 122 Å². The van der Waals surface area contributed by atoms with Crippen molar-refractivity contribution in [2.24, 2.45) is 0 Å². The first-order valence-electron chi connectivity index (χ1n) is 10.4. The van der Waals surface area contributed by atoms with E-state index in [0.29, 0.717) is 6.42 Å². The Bertz CT molecular complexity index is 244. The van der Waals surface area contributed by atoms with E-state index in [9.17, 15) is 4.79 Å². The lowest BCUT2D eigenvalue weighted by atomic mass is 10.1. The van der Waals surface area contributed by atoms with Crippen LogP contribution in [-0.2, 0) is 4.79 Å². The van der Waals surface area contributed by atoms with E-state index < -0.39 is 0 Å². The van der Waals surface area contributed by atoms with Crippen molar-refractivity contribution >= 4 is 6.29 Å². The highest BCUT2D eigenvalue weighted by Gasteiger charge is 1.93. The lowest BCUT2D eigenvalue weighted by Gasteiger charge is -2.01. The molecule has 0 aromatic carbocycles. The molecule has 0 unspecified atom stereocenters. The standard InChI is InChI=1S/C22H41O/c1-2-3-4-5-6-7-8-9-10-11-12-13-14-15-16-17-18-19-20-21-22-23/h9-10H,2-8,11-21H2,1H3. The van der Waals surface area contributed by atoms with Crippen molar-refractivity contribution in [2.45, 2.75) is 122 Å². The molecule has 0 aliphatic heterocycles. The predicted octanol–water partition coefficient (Wildman–Crippen LogP) is 7.69. The van der Waals surface area contributed by atoms with Crippen LogP contribution in [0, 0.1) is 0 Å². The SMILES string of the molecule is CCCCCCCCC=CCCCCCCCCCCC[C]=O. The molecule has 0 spiro atoms. The minimum atomic E-state index is 0.631. The first-order chi connectivity index (χ1) is 11.4. The summed E-state index contributed by atoms with van der Waals surface area (Å²) < 4.78 is 0. The Hall–Kier alpha value is -0.590. The molecular weight excluding hydrogens is 280 g/mol. The average molecular weight is 322 g/mol. The van der Waals surface area contributed by atoms with Gasteiger partial charge in [0.1, 0.15) is 0 Å². The second-order valence-corrected chi connectivity index (χ2v) is 6.89. The first-order valence-corrected chi connectivity index (χ1v) is 10.4. The first kappa shape index (κ1) is 22.4. The van der Waals surface area contributed by atoms with E-state index in [1.165, 1.54) is 103 Å². The lowest BCUT2D eigenvalue weighted by Crippen LogP contribution is -1.82. The van der Waals surface area contributed by atoms with E-state index in [0.717, 1.165) is 6.42 Å². The Morgan fingerprint density at radius 3 is 1.39 bits per heavy atom. The minimum Gasteiger partial charge on any atom is -0.291 e. The lowest BCUT2D eigenvalue weighted by molar-refractivity contribution is 0.537. The van der Waals surface area contributed by atoms with Gasteiger partial charge in [0.2, 0.25) is 0 Å². The molecule has 0 heterocycles. The van der Waals surface area contributed by atoms with Crippen LogP contribution >= 0.6 is 0 Å². The fourth-order valence-corrected chi connectivity index (χ4v) is 2.98. The van der Waals surface area contributed by atoms with Gasteiger partial charge in [0, 0.05) is 6.42 Å². The van der Waals surface area contributed by atoms with E-state index in [2.05, 4.69) is 19.1 Å². The Morgan fingerprint density at radius 1 is 0.565 bits per heavy atom. The summed E-state index contributed by atoms with van der Waals surface area (Å²) in [6.07, 6.45) is 30.2. The summed E-state index contributed by atoms with van der Waals surface area (Å²) in [6, 6.07) is 0. The summed E-state index contributed by atoms with van der Waals surface area (Å²) in [5.41, 5.74) is 0. The number of carbonyl (C=O) groups excluding carboxylic acids is 1. The molecule has 0 aromatic heterocycles. The number of hydrogen-bond acceptors (Lipinski definition) is 1. The Balaban J connectivity index is 3.03. The second kappa shape index (κ2) is 21.4. The molecule has 0 saturated carbocycles. The largest absolute Gasteiger partial charge is 0.291 e. The van der Waals surface area contributed by atoms with Crippen molar-refractivity contribution in [1.82, 2.24) is 0 Å². The Morgan fingerprint density at radius 2 is 0.957 bits per heavy atom. The van der Waals surface area contributed by atoms with Crippen LogP contribution in [0.15, 0.2) is 12.2 Å². The summed E-state index contributed by atoms with van der Waals surface area (Å²) in [5, 5.41) is 0. The van der Waals surface area contributed by atoms with E-state index in [-0.39, 0.29) is 0 Å². The molecule has 0 aliphatic carbocycles. The van der Waals surface area contributed by atoms with Crippen LogP contribution in [0.5, 0.6) is 0 Å². The third-order valence-corrected chi connectivity index (χ3v) is 4.54. The van der Waals surface area contributed by atoms with E-state index in [4.69, 9.17) is 0 Å². The van der Waals surface area contributed by atoms with Gasteiger partial charge < -0.3 is 0 Å². The number of rotatable bonds is 19. The normalized spacial score (nSPS) is 11.3. The molecule has 0 aliphatic rings. The van der Waals surface area contributed by atoms with Gasteiger partial charge in [-0.25, -0.2) is 0 Å². The van der Waals surface area contributed by atoms with Crippen molar-refractivity contribution in [3.8, 4) is 0 Å². The molecule has 0 aromatic rings. The van der Waals surface area contributed by atoms with Crippen molar-refractivity contribution in [2.75, 3.05) is 0 Å². The Labute approximate surface area is 146 Å². The van der Waals surface area contributed by atoms with Crippen LogP contribution < -0.4 is 0 Å². The molecule has 0 rings (SSSR count). The van der Waals surface area contributed by atoms with Crippen LogP contribution in [0.25, 0.3) is 0 Å². The maximum absolute atomic E-state index is 10.1. The van der Waals surface area contributed by atoms with Gasteiger partial charge in [-0.05, 0) is 32.1 Å². The van der Waals surface area contributed by atoms with Gasteiger partial charge in [-0.1, -0.05) is 96.1 Å². The molecule has 1 radical (unpaired) electrons. The quantitative estimate of drug-likeness (QED) is 0.176. The van der Waals surface area contributed by atoms with E-state index >= 15 is 0 Å². The van der Waals surface area contributed by atoms with Crippen LogP contribution in [0.2, 0.25) is 0 Å². The Kier molecular flexibility index (Phi) is 20.9. The number of allylic oxidation sites excluding steroid dienone is 2. The van der Waals surface area contributed by atoms with Crippen molar-refractivity contribution in [1.29, 1.82) is 0 Å². The highest BCUT2D eigenvalue weighted by Crippen LogP contribution is 2.12. The molecule has 0 saturated heterocycles. The fourth-order valence-electron chi connectivity index (χ4n) is 2.98. The summed E-state index contributed by atoms with van der Waals surface area (Å²) in [7, 11) is 0. The van der Waals surface area contributed by atoms with Gasteiger partial charge in [-0.2, -0.15) is 0 Å². The van der Waals surface area contributed by atoms with Crippen molar-refractivity contribution in [3.05, 3.63) is 12.2 Å². The summed E-state index contributed by atoms with van der Waals surface area (Å²) >= 11 is 0. The molecule has 1 nitrogen and oxygen atoms in total. The zero-order valence-electron chi connectivity index (χ0n) is 15.8. The second-order valence-electron chi connectivity index (χ2n) is 6.89. The van der Waals surface area contributed by atoms with Gasteiger partial charge in [-0.3, -0.25) is 4.79 Å². The van der Waals surface area contributed by atoms with Gasteiger partial charge in [-0.15, -0.1) is 0 Å². The van der Waals surface area contributed by atoms with E-state index in [1.54, 1.807) is 0 Å². The van der Waals surface area contributed by atoms with Gasteiger partial charge in [0.25, 0.3) is 0 Å². The highest BCUT2D eigenvalue weighted by atomic mass is 16.1. The van der Waals surface area contributed by atoms with Crippen LogP contribution in [0.4, 0.5) is 0 Å². The molecule has 1 heteroatoms. The minimum absolute atomic E-state index is 0.631. The molecule has 0 fully saturated rings. The molecule has 23 heavy (non-hydrogen) atoms. The molecule has 0 bridgehead atoms. The fraction of sp³-hybridized carbons (Fsp3) is 0.864. The molecule has 0 atom stereocenters. The van der Waals surface area contributed by atoms with Crippen LogP contribution in [0.3, 0.4) is 0 Å². The van der Waals surface area contributed by atoms with Gasteiger partial charge in [0.05, 0.1) is 0 Å². The summed E-state index contributed by atoms with van der Waals surface area (Å²) in [4.78, 5) is 10.1. The van der Waals surface area contributed by atoms with Crippen molar-refractivity contribution < 1.29 is 4.79 Å². The monoisotopic (exact) mass is 321 g/mol. The molecule has 135 valence electrons. The predicted molar refractivity (Wildman–Crippen MR) is 104 cm³/mol. The number of unbranched alkanes of at least 4 members (excludes halogenated alkanes) is 16.